The molecule has 136 valence electrons. The van der Waals surface area contributed by atoms with Crippen molar-refractivity contribution in [3.8, 4) is 0 Å². The van der Waals surface area contributed by atoms with Gasteiger partial charge < -0.3 is 10.2 Å². The van der Waals surface area contributed by atoms with Crippen LogP contribution >= 0.6 is 11.6 Å². The zero-order valence-corrected chi connectivity index (χ0v) is 15.3. The third-order valence-electron chi connectivity index (χ3n) is 4.46. The Morgan fingerprint density at radius 2 is 1.69 bits per heavy atom. The number of hydrogen-bond acceptors (Lipinski definition) is 3. The Labute approximate surface area is 158 Å². The lowest BCUT2D eigenvalue weighted by Crippen LogP contribution is -2.36. The SMILES string of the molecule is O=C(NCCc1ccc(Cl)cc1)c1cccc(C(=O)N2CCCCC2)n1. The van der Waals surface area contributed by atoms with E-state index in [1.165, 1.54) is 0 Å². The van der Waals surface area contributed by atoms with Crippen LogP contribution in [0.2, 0.25) is 5.02 Å². The van der Waals surface area contributed by atoms with Crippen LogP contribution in [0.5, 0.6) is 0 Å². The van der Waals surface area contributed by atoms with Crippen LogP contribution in [0.3, 0.4) is 0 Å². The Morgan fingerprint density at radius 3 is 2.42 bits per heavy atom. The van der Waals surface area contributed by atoms with Gasteiger partial charge in [-0.25, -0.2) is 4.98 Å². The highest BCUT2D eigenvalue weighted by molar-refractivity contribution is 6.30. The molecular formula is C20H22ClN3O2. The summed E-state index contributed by atoms with van der Waals surface area (Å²) in [6.45, 7) is 2.02. The highest BCUT2D eigenvalue weighted by Gasteiger charge is 2.20. The number of benzene rings is 1. The Kier molecular flexibility index (Phi) is 6.23. The van der Waals surface area contributed by atoms with E-state index in [0.717, 1.165) is 37.9 Å². The fourth-order valence-corrected chi connectivity index (χ4v) is 3.13. The Balaban J connectivity index is 1.57. The smallest absolute Gasteiger partial charge is 0.272 e. The number of nitrogens with zero attached hydrogens (tertiary/aromatic N) is 2. The number of halogens is 1. The summed E-state index contributed by atoms with van der Waals surface area (Å²) in [5.41, 5.74) is 1.69. The number of pyridine rings is 1. The maximum atomic E-state index is 12.5. The summed E-state index contributed by atoms with van der Waals surface area (Å²) in [6, 6.07) is 12.5. The lowest BCUT2D eigenvalue weighted by molar-refractivity contribution is 0.0718. The number of carbonyl (C=O) groups excluding carboxylic acids is 2. The van der Waals surface area contributed by atoms with Gasteiger partial charge in [0.15, 0.2) is 0 Å². The molecule has 3 rings (SSSR count). The monoisotopic (exact) mass is 371 g/mol. The first-order chi connectivity index (χ1) is 12.6. The number of carbonyl (C=O) groups is 2. The highest BCUT2D eigenvalue weighted by atomic mass is 35.5. The Morgan fingerprint density at radius 1 is 1.00 bits per heavy atom. The normalized spacial score (nSPS) is 14.1. The van der Waals surface area contributed by atoms with Gasteiger partial charge in [0.05, 0.1) is 0 Å². The molecule has 1 aromatic carbocycles. The number of piperidine rings is 1. The van der Waals surface area contributed by atoms with Crippen LogP contribution in [0.25, 0.3) is 0 Å². The van der Waals surface area contributed by atoms with Crippen molar-refractivity contribution in [3.05, 3.63) is 64.4 Å². The second-order valence-corrected chi connectivity index (χ2v) is 6.83. The maximum Gasteiger partial charge on any atom is 0.272 e. The van der Waals surface area contributed by atoms with Gasteiger partial charge in [0.25, 0.3) is 11.8 Å². The summed E-state index contributed by atoms with van der Waals surface area (Å²) in [5.74, 6) is -0.368. The summed E-state index contributed by atoms with van der Waals surface area (Å²) < 4.78 is 0. The molecule has 2 amide bonds. The van der Waals surface area contributed by atoms with Crippen LogP contribution < -0.4 is 5.32 Å². The third-order valence-corrected chi connectivity index (χ3v) is 4.71. The molecule has 1 N–H and O–H groups in total. The van der Waals surface area contributed by atoms with E-state index in [9.17, 15) is 9.59 Å². The lowest BCUT2D eigenvalue weighted by Gasteiger charge is -2.26. The van der Waals surface area contributed by atoms with E-state index in [4.69, 9.17) is 11.6 Å². The predicted molar refractivity (Wildman–Crippen MR) is 101 cm³/mol. The van der Waals surface area contributed by atoms with E-state index in [1.807, 2.05) is 29.2 Å². The molecule has 0 atom stereocenters. The van der Waals surface area contributed by atoms with E-state index < -0.39 is 0 Å². The average molecular weight is 372 g/mol. The van der Waals surface area contributed by atoms with Gasteiger partial charge in [-0.3, -0.25) is 9.59 Å². The van der Waals surface area contributed by atoms with Gasteiger partial charge in [0.1, 0.15) is 11.4 Å². The first-order valence-electron chi connectivity index (χ1n) is 8.92. The van der Waals surface area contributed by atoms with Crippen molar-refractivity contribution in [2.75, 3.05) is 19.6 Å². The van der Waals surface area contributed by atoms with Crippen molar-refractivity contribution in [1.82, 2.24) is 15.2 Å². The zero-order valence-electron chi connectivity index (χ0n) is 14.6. The molecule has 0 unspecified atom stereocenters. The standard InChI is InChI=1S/C20H22ClN3O2/c21-16-9-7-15(8-10-16)11-12-22-19(25)17-5-4-6-18(23-17)20(26)24-13-2-1-3-14-24/h4-10H,1-3,11-14H2,(H,22,25). The van der Waals surface area contributed by atoms with Crippen molar-refractivity contribution in [3.63, 3.8) is 0 Å². The van der Waals surface area contributed by atoms with Gasteiger partial charge in [0, 0.05) is 24.7 Å². The number of hydrogen-bond donors (Lipinski definition) is 1. The Hall–Kier alpha value is -2.40. The van der Waals surface area contributed by atoms with Crippen LogP contribution in [0.1, 0.15) is 45.8 Å². The van der Waals surface area contributed by atoms with E-state index in [0.29, 0.717) is 23.7 Å². The molecule has 5 nitrogen and oxygen atoms in total. The molecule has 6 heteroatoms. The number of aromatic nitrogens is 1. The molecule has 1 fully saturated rings. The largest absolute Gasteiger partial charge is 0.350 e. The number of rotatable bonds is 5. The minimum absolute atomic E-state index is 0.0967. The van der Waals surface area contributed by atoms with Crippen molar-refractivity contribution < 1.29 is 9.59 Å². The predicted octanol–water partition coefficient (Wildman–Crippen LogP) is 3.33. The fraction of sp³-hybridized carbons (Fsp3) is 0.350. The summed E-state index contributed by atoms with van der Waals surface area (Å²) in [5, 5.41) is 3.54. The topological polar surface area (TPSA) is 62.3 Å². The molecular weight excluding hydrogens is 350 g/mol. The summed E-state index contributed by atoms with van der Waals surface area (Å²) in [7, 11) is 0. The molecule has 1 aliphatic rings. The van der Waals surface area contributed by atoms with E-state index in [2.05, 4.69) is 10.3 Å². The quantitative estimate of drug-likeness (QED) is 0.876. The second-order valence-electron chi connectivity index (χ2n) is 6.39. The number of likely N-dealkylation sites (tertiary alicyclic amines) is 1. The number of nitrogens with one attached hydrogen (secondary N) is 1. The van der Waals surface area contributed by atoms with Gasteiger partial charge >= 0.3 is 0 Å². The fourth-order valence-electron chi connectivity index (χ4n) is 3.00. The van der Waals surface area contributed by atoms with E-state index >= 15 is 0 Å². The molecule has 2 aromatic rings. The van der Waals surface area contributed by atoms with Crippen LogP contribution in [-0.4, -0.2) is 41.3 Å². The van der Waals surface area contributed by atoms with Gasteiger partial charge in [0.2, 0.25) is 0 Å². The Bertz CT molecular complexity index is 771. The molecule has 0 radical (unpaired) electrons. The van der Waals surface area contributed by atoms with Crippen LogP contribution in [0, 0.1) is 0 Å². The van der Waals surface area contributed by atoms with Gasteiger partial charge in [-0.15, -0.1) is 0 Å². The molecule has 1 saturated heterocycles. The molecule has 1 aromatic heterocycles. The van der Waals surface area contributed by atoms with Gasteiger partial charge in [-0.2, -0.15) is 0 Å². The maximum absolute atomic E-state index is 12.5. The van der Waals surface area contributed by atoms with Crippen molar-refractivity contribution >= 4 is 23.4 Å². The summed E-state index contributed by atoms with van der Waals surface area (Å²) >= 11 is 5.86. The van der Waals surface area contributed by atoms with Crippen molar-refractivity contribution in [2.45, 2.75) is 25.7 Å². The van der Waals surface area contributed by atoms with Crippen LogP contribution in [0.15, 0.2) is 42.5 Å². The minimum atomic E-state index is -0.271. The first kappa shape index (κ1) is 18.4. The lowest BCUT2D eigenvalue weighted by atomic mass is 10.1. The van der Waals surface area contributed by atoms with Crippen molar-refractivity contribution in [1.29, 1.82) is 0 Å². The van der Waals surface area contributed by atoms with Crippen LogP contribution in [-0.2, 0) is 6.42 Å². The van der Waals surface area contributed by atoms with E-state index in [1.54, 1.807) is 18.2 Å². The van der Waals surface area contributed by atoms with E-state index in [-0.39, 0.29) is 17.5 Å². The molecule has 0 saturated carbocycles. The van der Waals surface area contributed by atoms with Gasteiger partial charge in [-0.05, 0) is 55.5 Å². The second kappa shape index (κ2) is 8.81. The van der Waals surface area contributed by atoms with Gasteiger partial charge in [-0.1, -0.05) is 29.8 Å². The molecule has 0 bridgehead atoms. The molecule has 0 spiro atoms. The summed E-state index contributed by atoms with van der Waals surface area (Å²) in [6.07, 6.45) is 3.91. The molecule has 2 heterocycles. The van der Waals surface area contributed by atoms with Crippen molar-refractivity contribution in [2.24, 2.45) is 0 Å². The molecule has 0 aliphatic carbocycles. The first-order valence-corrected chi connectivity index (χ1v) is 9.30. The highest BCUT2D eigenvalue weighted by Crippen LogP contribution is 2.13. The summed E-state index contributed by atoms with van der Waals surface area (Å²) in [4.78, 5) is 30.9. The average Bonchev–Trinajstić information content (AvgIpc) is 2.69. The van der Waals surface area contributed by atoms with Crippen LogP contribution in [0.4, 0.5) is 0 Å². The molecule has 1 aliphatic heterocycles. The number of amides is 2. The minimum Gasteiger partial charge on any atom is -0.350 e. The molecule has 26 heavy (non-hydrogen) atoms. The zero-order chi connectivity index (χ0) is 18.4. The third kappa shape index (κ3) is 4.82.